The predicted octanol–water partition coefficient (Wildman–Crippen LogP) is 8.09. The van der Waals surface area contributed by atoms with E-state index >= 15 is 0 Å². The monoisotopic (exact) mass is 476 g/mol. The molecule has 0 aliphatic heterocycles. The van der Waals surface area contributed by atoms with Crippen LogP contribution in [0.25, 0.3) is 21.9 Å². The molecule has 0 radical (unpaired) electrons. The van der Waals surface area contributed by atoms with Crippen LogP contribution in [0.3, 0.4) is 0 Å². The Morgan fingerprint density at radius 2 is 1.28 bits per heavy atom. The minimum atomic E-state index is -0.958. The largest absolute Gasteiger partial charge is 0.478 e. The van der Waals surface area contributed by atoms with Crippen LogP contribution in [-0.2, 0) is 10.8 Å². The maximum Gasteiger partial charge on any atom is 0.335 e. The molecule has 4 aromatic carbocycles. The molecular formula is C33H32O3. The fourth-order valence-electron chi connectivity index (χ4n) is 5.57. The molecule has 0 atom stereocenters. The van der Waals surface area contributed by atoms with E-state index in [1.54, 1.807) is 24.3 Å². The molecule has 0 spiro atoms. The molecule has 0 aromatic heterocycles. The standard InChI is InChI=1S/C33H32O3/c1-20-6-8-21(9-7-20)27-18-26(19-28-29(27)33(4,5)15-14-32(28,2)3)30(34)24-12-10-23-17-25(31(35)36)13-11-22(23)16-24/h6-13,16-19H,14-15H2,1-5H3,(H,35,36). The molecule has 182 valence electrons. The first-order chi connectivity index (χ1) is 17.0. The molecule has 3 heteroatoms. The van der Waals surface area contributed by atoms with Crippen LogP contribution in [-0.4, -0.2) is 16.9 Å². The Hall–Kier alpha value is -3.72. The van der Waals surface area contributed by atoms with E-state index in [0.29, 0.717) is 11.1 Å². The van der Waals surface area contributed by atoms with Crippen LogP contribution >= 0.6 is 0 Å². The highest BCUT2D eigenvalue weighted by atomic mass is 16.4. The molecule has 0 saturated heterocycles. The molecule has 4 aromatic rings. The molecule has 5 rings (SSSR count). The average molecular weight is 477 g/mol. The molecule has 0 saturated carbocycles. The van der Waals surface area contributed by atoms with Gasteiger partial charge in [-0.2, -0.15) is 0 Å². The fourth-order valence-corrected chi connectivity index (χ4v) is 5.57. The van der Waals surface area contributed by atoms with Crippen molar-refractivity contribution >= 4 is 22.5 Å². The van der Waals surface area contributed by atoms with Gasteiger partial charge in [0.1, 0.15) is 0 Å². The number of ketones is 1. The van der Waals surface area contributed by atoms with Gasteiger partial charge in [-0.05, 0) is 94.0 Å². The molecule has 3 nitrogen and oxygen atoms in total. The van der Waals surface area contributed by atoms with Crippen molar-refractivity contribution in [3.05, 3.63) is 106 Å². The number of aromatic carboxylic acids is 1. The second-order valence-corrected chi connectivity index (χ2v) is 11.5. The lowest BCUT2D eigenvalue weighted by atomic mass is 9.61. The maximum absolute atomic E-state index is 13.9. The Morgan fingerprint density at radius 3 is 1.92 bits per heavy atom. The number of carboxylic acids is 1. The number of rotatable bonds is 4. The lowest BCUT2D eigenvalue weighted by molar-refractivity contribution is 0.0697. The van der Waals surface area contributed by atoms with Gasteiger partial charge < -0.3 is 5.11 Å². The Labute approximate surface area is 212 Å². The third-order valence-electron chi connectivity index (χ3n) is 7.89. The maximum atomic E-state index is 13.9. The number of fused-ring (bicyclic) bond motifs is 2. The lowest BCUT2D eigenvalue weighted by Gasteiger charge is -2.43. The summed E-state index contributed by atoms with van der Waals surface area (Å²) in [6.45, 7) is 11.3. The fraction of sp³-hybridized carbons (Fsp3) is 0.273. The van der Waals surface area contributed by atoms with E-state index in [-0.39, 0.29) is 22.2 Å². The number of carboxylic acid groups (broad SMARTS) is 1. The number of carbonyl (C=O) groups excluding carboxylic acids is 1. The molecule has 0 fully saturated rings. The van der Waals surface area contributed by atoms with E-state index in [1.807, 2.05) is 12.1 Å². The number of carbonyl (C=O) groups is 2. The smallest absolute Gasteiger partial charge is 0.335 e. The van der Waals surface area contributed by atoms with Crippen LogP contribution in [0, 0.1) is 6.92 Å². The summed E-state index contributed by atoms with van der Waals surface area (Å²) < 4.78 is 0. The van der Waals surface area contributed by atoms with Crippen LogP contribution in [0.2, 0.25) is 0 Å². The minimum Gasteiger partial charge on any atom is -0.478 e. The average Bonchev–Trinajstić information content (AvgIpc) is 2.85. The molecule has 1 aliphatic rings. The van der Waals surface area contributed by atoms with E-state index in [0.717, 1.165) is 34.7 Å². The highest BCUT2D eigenvalue weighted by molar-refractivity contribution is 6.11. The van der Waals surface area contributed by atoms with Crippen LogP contribution in [0.1, 0.15) is 83.5 Å². The predicted molar refractivity (Wildman–Crippen MR) is 146 cm³/mol. The van der Waals surface area contributed by atoms with Crippen molar-refractivity contribution in [1.82, 2.24) is 0 Å². The highest BCUT2D eigenvalue weighted by Gasteiger charge is 2.39. The topological polar surface area (TPSA) is 54.4 Å². The third-order valence-corrected chi connectivity index (χ3v) is 7.89. The molecule has 0 unspecified atom stereocenters. The van der Waals surface area contributed by atoms with Crippen molar-refractivity contribution in [3.63, 3.8) is 0 Å². The summed E-state index contributed by atoms with van der Waals surface area (Å²) in [5.41, 5.74) is 7.60. The normalized spacial score (nSPS) is 15.9. The van der Waals surface area contributed by atoms with Gasteiger partial charge in [0.15, 0.2) is 5.78 Å². The van der Waals surface area contributed by atoms with Crippen molar-refractivity contribution in [2.24, 2.45) is 0 Å². The SMILES string of the molecule is Cc1ccc(-c2cc(C(=O)c3ccc4cc(C(=O)O)ccc4c3)cc3c2C(C)(C)CCC3(C)C)cc1. The summed E-state index contributed by atoms with van der Waals surface area (Å²) in [7, 11) is 0. The molecule has 1 N–H and O–H groups in total. The first-order valence-electron chi connectivity index (χ1n) is 12.5. The zero-order valence-electron chi connectivity index (χ0n) is 21.6. The Bertz CT molecular complexity index is 1520. The summed E-state index contributed by atoms with van der Waals surface area (Å²) in [6, 6.07) is 23.3. The van der Waals surface area contributed by atoms with E-state index in [1.165, 1.54) is 16.7 Å². The lowest BCUT2D eigenvalue weighted by Crippen LogP contribution is -2.34. The molecule has 0 heterocycles. The molecular weight excluding hydrogens is 444 g/mol. The summed E-state index contributed by atoms with van der Waals surface area (Å²) in [4.78, 5) is 25.2. The van der Waals surface area contributed by atoms with E-state index in [2.05, 4.69) is 71.0 Å². The Kier molecular flexibility index (Phi) is 5.63. The highest BCUT2D eigenvalue weighted by Crippen LogP contribution is 2.50. The Balaban J connectivity index is 1.69. The third kappa shape index (κ3) is 4.13. The van der Waals surface area contributed by atoms with Gasteiger partial charge in [0, 0.05) is 11.1 Å². The molecule has 36 heavy (non-hydrogen) atoms. The van der Waals surface area contributed by atoms with Gasteiger partial charge >= 0.3 is 5.97 Å². The summed E-state index contributed by atoms with van der Waals surface area (Å²) in [5.74, 6) is -0.977. The minimum absolute atomic E-state index is 0.0114. The Morgan fingerprint density at radius 1 is 0.694 bits per heavy atom. The number of aryl methyl sites for hydroxylation is 1. The van der Waals surface area contributed by atoms with Crippen molar-refractivity contribution in [3.8, 4) is 11.1 Å². The number of hydrogen-bond acceptors (Lipinski definition) is 2. The zero-order valence-corrected chi connectivity index (χ0v) is 21.6. The van der Waals surface area contributed by atoms with Crippen molar-refractivity contribution < 1.29 is 14.7 Å². The van der Waals surface area contributed by atoms with Gasteiger partial charge in [-0.1, -0.05) is 75.7 Å². The number of benzene rings is 4. The van der Waals surface area contributed by atoms with Gasteiger partial charge in [-0.15, -0.1) is 0 Å². The van der Waals surface area contributed by atoms with Crippen molar-refractivity contribution in [1.29, 1.82) is 0 Å². The molecule has 0 bridgehead atoms. The van der Waals surface area contributed by atoms with Crippen LogP contribution in [0.4, 0.5) is 0 Å². The second kappa shape index (κ2) is 8.44. The summed E-state index contributed by atoms with van der Waals surface area (Å²) in [6.07, 6.45) is 2.17. The quantitative estimate of drug-likeness (QED) is 0.303. The number of hydrogen-bond donors (Lipinski definition) is 1. The van der Waals surface area contributed by atoms with Crippen molar-refractivity contribution in [2.45, 2.75) is 58.3 Å². The first-order valence-corrected chi connectivity index (χ1v) is 12.5. The molecule has 0 amide bonds. The van der Waals surface area contributed by atoms with E-state index in [9.17, 15) is 14.7 Å². The van der Waals surface area contributed by atoms with Crippen molar-refractivity contribution in [2.75, 3.05) is 0 Å². The van der Waals surface area contributed by atoms with Crippen LogP contribution in [0.15, 0.2) is 72.8 Å². The van der Waals surface area contributed by atoms with Crippen LogP contribution < -0.4 is 0 Å². The summed E-state index contributed by atoms with van der Waals surface area (Å²) in [5, 5.41) is 10.9. The second-order valence-electron chi connectivity index (χ2n) is 11.5. The summed E-state index contributed by atoms with van der Waals surface area (Å²) >= 11 is 0. The van der Waals surface area contributed by atoms with Gasteiger partial charge in [0.25, 0.3) is 0 Å². The first kappa shape index (κ1) is 24.0. The van der Waals surface area contributed by atoms with E-state index in [4.69, 9.17) is 0 Å². The van der Waals surface area contributed by atoms with Gasteiger partial charge in [-0.3, -0.25) is 4.79 Å². The van der Waals surface area contributed by atoms with Gasteiger partial charge in [0.05, 0.1) is 5.56 Å². The zero-order chi connectivity index (χ0) is 25.8. The van der Waals surface area contributed by atoms with E-state index < -0.39 is 5.97 Å². The van der Waals surface area contributed by atoms with Gasteiger partial charge in [0.2, 0.25) is 0 Å². The molecule has 1 aliphatic carbocycles. The van der Waals surface area contributed by atoms with Crippen LogP contribution in [0.5, 0.6) is 0 Å². The van der Waals surface area contributed by atoms with Gasteiger partial charge in [-0.25, -0.2) is 4.79 Å².